The van der Waals surface area contributed by atoms with E-state index < -0.39 is 0 Å². The van der Waals surface area contributed by atoms with E-state index in [2.05, 4.69) is 10.2 Å². The molecule has 2 heterocycles. The largest absolute Gasteiger partial charge is 0.342 e. The predicted molar refractivity (Wildman–Crippen MR) is 71.4 cm³/mol. The molecule has 1 saturated carbocycles. The van der Waals surface area contributed by atoms with Crippen molar-refractivity contribution in [1.82, 2.24) is 15.1 Å². The average Bonchev–Trinajstić information content (AvgIpc) is 2.92. The van der Waals surface area contributed by atoms with Gasteiger partial charge in [-0.1, -0.05) is 0 Å². The van der Waals surface area contributed by atoms with Crippen LogP contribution in [0.4, 0.5) is 0 Å². The molecule has 0 spiro atoms. The number of hydrogen-bond acceptors (Lipinski definition) is 3. The Morgan fingerprint density at radius 3 is 2.61 bits per heavy atom. The third-order valence-corrected chi connectivity index (χ3v) is 4.55. The maximum Gasteiger partial charge on any atom is 0.236 e. The smallest absolute Gasteiger partial charge is 0.236 e. The summed E-state index contributed by atoms with van der Waals surface area (Å²) in [6.07, 6.45) is 6.50. The molecule has 18 heavy (non-hydrogen) atoms. The third-order valence-electron chi connectivity index (χ3n) is 4.55. The van der Waals surface area contributed by atoms with Crippen molar-refractivity contribution in [2.75, 3.05) is 39.3 Å². The van der Waals surface area contributed by atoms with Crippen molar-refractivity contribution >= 4 is 5.91 Å². The van der Waals surface area contributed by atoms with Crippen molar-refractivity contribution in [1.29, 1.82) is 0 Å². The summed E-state index contributed by atoms with van der Waals surface area (Å²) in [5.41, 5.74) is 0. The van der Waals surface area contributed by atoms with E-state index in [1.807, 2.05) is 4.90 Å². The van der Waals surface area contributed by atoms with E-state index in [1.54, 1.807) is 0 Å². The summed E-state index contributed by atoms with van der Waals surface area (Å²) in [6.45, 7) is 6.02. The van der Waals surface area contributed by atoms with Gasteiger partial charge >= 0.3 is 0 Å². The van der Waals surface area contributed by atoms with Crippen LogP contribution in [0.3, 0.4) is 0 Å². The number of amides is 1. The highest BCUT2D eigenvalue weighted by molar-refractivity contribution is 5.78. The Kier molecular flexibility index (Phi) is 3.85. The van der Waals surface area contributed by atoms with Gasteiger partial charge in [0.25, 0.3) is 0 Å². The number of carbonyl (C=O) groups excluding carboxylic acids is 1. The van der Waals surface area contributed by atoms with Gasteiger partial charge in [-0.05, 0) is 51.1 Å². The second-order valence-electron chi connectivity index (χ2n) is 6.10. The summed E-state index contributed by atoms with van der Waals surface area (Å²) in [6, 6.07) is 0.904. The molecule has 2 saturated heterocycles. The number of hydrogen-bond donors (Lipinski definition) is 1. The lowest BCUT2D eigenvalue weighted by molar-refractivity contribution is -0.129. The summed E-state index contributed by atoms with van der Waals surface area (Å²) >= 11 is 0. The van der Waals surface area contributed by atoms with Crippen LogP contribution in [-0.2, 0) is 4.79 Å². The van der Waals surface area contributed by atoms with Gasteiger partial charge in [0.1, 0.15) is 0 Å². The number of nitrogens with zero attached hydrogens (tertiary/aromatic N) is 2. The van der Waals surface area contributed by atoms with Gasteiger partial charge in [0.2, 0.25) is 5.91 Å². The van der Waals surface area contributed by atoms with Crippen molar-refractivity contribution < 1.29 is 4.79 Å². The van der Waals surface area contributed by atoms with Crippen LogP contribution in [0.25, 0.3) is 0 Å². The van der Waals surface area contributed by atoms with E-state index in [9.17, 15) is 4.79 Å². The zero-order chi connectivity index (χ0) is 12.4. The van der Waals surface area contributed by atoms with E-state index in [0.717, 1.165) is 31.6 Å². The summed E-state index contributed by atoms with van der Waals surface area (Å²) in [7, 11) is 0. The molecule has 1 N–H and O–H groups in total. The molecule has 102 valence electrons. The molecule has 3 aliphatic rings. The van der Waals surface area contributed by atoms with Crippen LogP contribution in [0.2, 0.25) is 0 Å². The Balaban J connectivity index is 1.31. The first kappa shape index (κ1) is 12.4. The molecule has 4 nitrogen and oxygen atoms in total. The fourth-order valence-electron chi connectivity index (χ4n) is 3.26. The number of likely N-dealkylation sites (tertiary alicyclic amines) is 2. The topological polar surface area (TPSA) is 35.6 Å². The van der Waals surface area contributed by atoms with E-state index in [0.29, 0.717) is 12.5 Å². The average molecular weight is 251 g/mol. The van der Waals surface area contributed by atoms with Crippen molar-refractivity contribution in [3.63, 3.8) is 0 Å². The third kappa shape index (κ3) is 3.04. The summed E-state index contributed by atoms with van der Waals surface area (Å²) in [5.74, 6) is 1.06. The molecule has 2 aliphatic heterocycles. The van der Waals surface area contributed by atoms with Crippen molar-refractivity contribution in [3.8, 4) is 0 Å². The Morgan fingerprint density at radius 1 is 1.11 bits per heavy atom. The van der Waals surface area contributed by atoms with Gasteiger partial charge in [0.15, 0.2) is 0 Å². The van der Waals surface area contributed by atoms with Crippen molar-refractivity contribution in [2.24, 2.45) is 5.92 Å². The van der Waals surface area contributed by atoms with Crippen molar-refractivity contribution in [3.05, 3.63) is 0 Å². The molecular formula is C14H25N3O. The lowest BCUT2D eigenvalue weighted by Gasteiger charge is -2.17. The van der Waals surface area contributed by atoms with Crippen LogP contribution < -0.4 is 5.32 Å². The standard InChI is InChI=1S/C14H25N3O/c18-14(16-6-1-2-7-16)10-15-9-12-5-8-17(11-12)13-3-4-13/h12-13,15H,1-11H2. The maximum atomic E-state index is 11.9. The molecule has 1 unspecified atom stereocenters. The molecule has 0 radical (unpaired) electrons. The van der Waals surface area contributed by atoms with E-state index >= 15 is 0 Å². The van der Waals surface area contributed by atoms with Gasteiger partial charge in [0, 0.05) is 25.7 Å². The highest BCUT2D eigenvalue weighted by Gasteiger charge is 2.34. The number of carbonyl (C=O) groups is 1. The van der Waals surface area contributed by atoms with Gasteiger partial charge in [-0.3, -0.25) is 4.79 Å². The van der Waals surface area contributed by atoms with Gasteiger partial charge in [0.05, 0.1) is 6.54 Å². The normalized spacial score (nSPS) is 29.1. The van der Waals surface area contributed by atoms with Crippen LogP contribution in [0.15, 0.2) is 0 Å². The van der Waals surface area contributed by atoms with Crippen molar-refractivity contribution in [2.45, 2.75) is 38.1 Å². The van der Waals surface area contributed by atoms with E-state index in [4.69, 9.17) is 0 Å². The van der Waals surface area contributed by atoms with Gasteiger partial charge in [-0.25, -0.2) is 0 Å². The van der Waals surface area contributed by atoms with Gasteiger partial charge in [-0.2, -0.15) is 0 Å². The fraction of sp³-hybridized carbons (Fsp3) is 0.929. The first-order valence-corrected chi connectivity index (χ1v) is 7.55. The quantitative estimate of drug-likeness (QED) is 0.780. The fourth-order valence-corrected chi connectivity index (χ4v) is 3.26. The molecule has 4 heteroatoms. The first-order chi connectivity index (χ1) is 8.83. The minimum absolute atomic E-state index is 0.296. The zero-order valence-electron chi connectivity index (χ0n) is 11.2. The Bertz CT molecular complexity index is 297. The van der Waals surface area contributed by atoms with Gasteiger partial charge in [-0.15, -0.1) is 0 Å². The second kappa shape index (κ2) is 5.57. The highest BCUT2D eigenvalue weighted by Crippen LogP contribution is 2.31. The summed E-state index contributed by atoms with van der Waals surface area (Å²) in [5, 5.41) is 3.37. The van der Waals surface area contributed by atoms with Gasteiger partial charge < -0.3 is 15.1 Å². The lowest BCUT2D eigenvalue weighted by Crippen LogP contribution is -2.38. The van der Waals surface area contributed by atoms with Crippen LogP contribution in [0.1, 0.15) is 32.1 Å². The minimum atomic E-state index is 0.296. The Morgan fingerprint density at radius 2 is 1.89 bits per heavy atom. The minimum Gasteiger partial charge on any atom is -0.342 e. The maximum absolute atomic E-state index is 11.9. The van der Waals surface area contributed by atoms with Crippen LogP contribution >= 0.6 is 0 Å². The molecule has 1 atom stereocenters. The molecule has 1 amide bonds. The first-order valence-electron chi connectivity index (χ1n) is 7.55. The molecular weight excluding hydrogens is 226 g/mol. The lowest BCUT2D eigenvalue weighted by atomic mass is 10.1. The molecule has 0 aromatic rings. The predicted octanol–water partition coefficient (Wildman–Crippen LogP) is 0.683. The molecule has 0 aromatic carbocycles. The molecule has 0 bridgehead atoms. The summed E-state index contributed by atoms with van der Waals surface area (Å²) in [4.78, 5) is 16.5. The monoisotopic (exact) mass is 251 g/mol. The Hall–Kier alpha value is -0.610. The molecule has 1 aliphatic carbocycles. The molecule has 3 rings (SSSR count). The van der Waals surface area contributed by atoms with Crippen LogP contribution in [0, 0.1) is 5.92 Å². The molecule has 0 aromatic heterocycles. The van der Waals surface area contributed by atoms with Crippen LogP contribution in [-0.4, -0.2) is 61.0 Å². The van der Waals surface area contributed by atoms with E-state index in [1.165, 1.54) is 45.2 Å². The second-order valence-corrected chi connectivity index (χ2v) is 6.10. The summed E-state index contributed by atoms with van der Waals surface area (Å²) < 4.78 is 0. The van der Waals surface area contributed by atoms with E-state index in [-0.39, 0.29) is 0 Å². The highest BCUT2D eigenvalue weighted by atomic mass is 16.2. The Labute approximate surface area is 110 Å². The number of nitrogens with one attached hydrogen (secondary N) is 1. The number of rotatable bonds is 5. The zero-order valence-corrected chi connectivity index (χ0v) is 11.2. The molecule has 3 fully saturated rings. The SMILES string of the molecule is O=C(CNCC1CCN(C2CC2)C1)N1CCCC1. The van der Waals surface area contributed by atoms with Crippen LogP contribution in [0.5, 0.6) is 0 Å².